The second-order valence-electron chi connectivity index (χ2n) is 5.21. The van der Waals surface area contributed by atoms with E-state index in [4.69, 9.17) is 16.7 Å². The van der Waals surface area contributed by atoms with Crippen LogP contribution in [0.15, 0.2) is 59.5 Å². The fourth-order valence-electron chi connectivity index (χ4n) is 2.31. The summed E-state index contributed by atoms with van der Waals surface area (Å²) in [4.78, 5) is -0.0668. The van der Waals surface area contributed by atoms with Gasteiger partial charge in [-0.05, 0) is 42.5 Å². The smallest absolute Gasteiger partial charge is 0.233 e. The maximum atomic E-state index is 13.1. The first kappa shape index (κ1) is 17.5. The largest absolute Gasteiger partial charge is 0.282 e. The lowest BCUT2D eigenvalue weighted by molar-refractivity contribution is 0.145. The number of nitrogens with two attached hydrogens (primary N) is 1. The van der Waals surface area contributed by atoms with E-state index in [1.54, 1.807) is 24.3 Å². The number of benzene rings is 2. The molecule has 0 radical (unpaired) electrons. The van der Waals surface area contributed by atoms with Crippen molar-refractivity contribution in [2.24, 2.45) is 5.14 Å². The van der Waals surface area contributed by atoms with E-state index in [1.165, 1.54) is 35.0 Å². The summed E-state index contributed by atoms with van der Waals surface area (Å²) in [6.45, 7) is 0. The summed E-state index contributed by atoms with van der Waals surface area (Å²) in [7, 11) is -3.83. The van der Waals surface area contributed by atoms with Crippen LogP contribution in [0.3, 0.4) is 0 Å². The molecule has 0 bridgehead atoms. The first-order valence-electron chi connectivity index (χ1n) is 7.03. The summed E-state index contributed by atoms with van der Waals surface area (Å²) in [5.41, 5.74) is 1.06. The fourth-order valence-corrected chi connectivity index (χ4v) is 2.95. The summed E-state index contributed by atoms with van der Waals surface area (Å²) in [6, 6.07) is 13.4. The van der Waals surface area contributed by atoms with Crippen molar-refractivity contribution in [2.45, 2.75) is 11.3 Å². The molecule has 0 aliphatic rings. The minimum absolute atomic E-state index is 0.0668. The number of alkyl halides is 2. The minimum Gasteiger partial charge on any atom is -0.233 e. The Labute approximate surface area is 147 Å². The minimum atomic E-state index is -3.83. The molecule has 3 rings (SSSR count). The second-order valence-corrected chi connectivity index (χ2v) is 7.21. The molecule has 0 amide bonds. The van der Waals surface area contributed by atoms with Crippen molar-refractivity contribution >= 4 is 21.6 Å². The molecule has 0 atom stereocenters. The van der Waals surface area contributed by atoms with Crippen LogP contribution in [0.5, 0.6) is 0 Å². The van der Waals surface area contributed by atoms with E-state index < -0.39 is 16.4 Å². The highest BCUT2D eigenvalue weighted by molar-refractivity contribution is 7.89. The zero-order valence-corrected chi connectivity index (χ0v) is 14.2. The molecule has 0 aliphatic heterocycles. The van der Waals surface area contributed by atoms with Crippen molar-refractivity contribution in [1.29, 1.82) is 0 Å². The number of aromatic nitrogens is 2. The van der Waals surface area contributed by atoms with Crippen LogP contribution in [-0.2, 0) is 10.0 Å². The van der Waals surface area contributed by atoms with E-state index in [1.807, 2.05) is 0 Å². The lowest BCUT2D eigenvalue weighted by Crippen LogP contribution is -2.11. The van der Waals surface area contributed by atoms with Crippen LogP contribution in [0.2, 0.25) is 5.02 Å². The Balaban J connectivity index is 2.13. The second kappa shape index (κ2) is 6.55. The maximum absolute atomic E-state index is 13.1. The molecule has 0 aliphatic carbocycles. The summed E-state index contributed by atoms with van der Waals surface area (Å²) < 4.78 is 50.2. The predicted octanol–water partition coefficient (Wildman–Crippen LogP) is 3.78. The van der Waals surface area contributed by atoms with Crippen molar-refractivity contribution in [1.82, 2.24) is 9.78 Å². The van der Waals surface area contributed by atoms with Crippen molar-refractivity contribution in [3.8, 4) is 16.9 Å². The molecular formula is C16H12ClF2N3O2S. The molecule has 0 fully saturated rings. The van der Waals surface area contributed by atoms with Gasteiger partial charge in [0.1, 0.15) is 5.69 Å². The number of nitrogens with zero attached hydrogens (tertiary/aromatic N) is 2. The van der Waals surface area contributed by atoms with Gasteiger partial charge in [-0.2, -0.15) is 5.10 Å². The van der Waals surface area contributed by atoms with Crippen molar-refractivity contribution in [2.75, 3.05) is 0 Å². The molecule has 1 aromatic heterocycles. The van der Waals surface area contributed by atoms with E-state index in [0.717, 1.165) is 0 Å². The number of hydrogen-bond acceptors (Lipinski definition) is 3. The summed E-state index contributed by atoms with van der Waals surface area (Å²) in [6.07, 6.45) is -2.74. The van der Waals surface area contributed by atoms with Crippen LogP contribution in [0.1, 0.15) is 12.1 Å². The standard InChI is InChI=1S/C16H12ClF2N3O2S/c17-11-3-5-12(6-4-11)22-15(9-14(21-22)16(18)19)10-1-7-13(8-2-10)25(20,23)24/h1-9,16H,(H2,20,23,24). The molecule has 2 N–H and O–H groups in total. The number of hydrogen-bond donors (Lipinski definition) is 1. The van der Waals surface area contributed by atoms with Gasteiger partial charge < -0.3 is 0 Å². The van der Waals surface area contributed by atoms with Crippen molar-refractivity contribution in [3.05, 3.63) is 65.3 Å². The third-order valence-electron chi connectivity index (χ3n) is 3.50. The Hall–Kier alpha value is -2.29. The maximum Gasteiger partial charge on any atom is 0.282 e. The van der Waals surface area contributed by atoms with Gasteiger partial charge >= 0.3 is 0 Å². The summed E-state index contributed by atoms with van der Waals surface area (Å²) in [5, 5.41) is 9.51. The SMILES string of the molecule is NS(=O)(=O)c1ccc(-c2cc(C(F)F)nn2-c2ccc(Cl)cc2)cc1. The summed E-state index contributed by atoms with van der Waals surface area (Å²) in [5.74, 6) is 0. The van der Waals surface area contributed by atoms with E-state index >= 15 is 0 Å². The van der Waals surface area contributed by atoms with Gasteiger partial charge in [0, 0.05) is 10.6 Å². The van der Waals surface area contributed by atoms with E-state index in [0.29, 0.717) is 22.0 Å². The van der Waals surface area contributed by atoms with Crippen LogP contribution in [0, 0.1) is 0 Å². The average Bonchev–Trinajstić information content (AvgIpc) is 3.00. The number of sulfonamides is 1. The van der Waals surface area contributed by atoms with Crippen LogP contribution in [-0.4, -0.2) is 18.2 Å². The third-order valence-corrected chi connectivity index (χ3v) is 4.68. The highest BCUT2D eigenvalue weighted by atomic mass is 35.5. The monoisotopic (exact) mass is 383 g/mol. The molecule has 0 saturated heterocycles. The van der Waals surface area contributed by atoms with Gasteiger partial charge in [0.25, 0.3) is 6.43 Å². The molecule has 130 valence electrons. The van der Waals surface area contributed by atoms with E-state index in [-0.39, 0.29) is 10.6 Å². The lowest BCUT2D eigenvalue weighted by Gasteiger charge is -2.08. The zero-order valence-electron chi connectivity index (χ0n) is 12.6. The molecule has 2 aromatic carbocycles. The highest BCUT2D eigenvalue weighted by Gasteiger charge is 2.18. The molecule has 5 nitrogen and oxygen atoms in total. The normalized spacial score (nSPS) is 11.9. The number of rotatable bonds is 4. The first-order valence-corrected chi connectivity index (χ1v) is 8.95. The first-order chi connectivity index (χ1) is 11.8. The topological polar surface area (TPSA) is 78.0 Å². The van der Waals surface area contributed by atoms with Gasteiger partial charge in [-0.15, -0.1) is 0 Å². The van der Waals surface area contributed by atoms with Gasteiger partial charge in [-0.1, -0.05) is 23.7 Å². The Kier molecular flexibility index (Phi) is 4.59. The summed E-state index contributed by atoms with van der Waals surface area (Å²) >= 11 is 5.85. The van der Waals surface area contributed by atoms with Gasteiger partial charge in [0.15, 0.2) is 0 Å². The molecular weight excluding hydrogens is 372 g/mol. The van der Waals surface area contributed by atoms with E-state index in [2.05, 4.69) is 5.10 Å². The van der Waals surface area contributed by atoms with Crippen LogP contribution >= 0.6 is 11.6 Å². The van der Waals surface area contributed by atoms with Crippen molar-refractivity contribution in [3.63, 3.8) is 0 Å². The van der Waals surface area contributed by atoms with Gasteiger partial charge in [-0.25, -0.2) is 27.0 Å². The zero-order chi connectivity index (χ0) is 18.2. The molecule has 9 heteroatoms. The Bertz CT molecular complexity index is 1000. The Morgan fingerprint density at radius 1 is 1.04 bits per heavy atom. The van der Waals surface area contributed by atoms with Crippen LogP contribution < -0.4 is 5.14 Å². The Morgan fingerprint density at radius 3 is 2.16 bits per heavy atom. The lowest BCUT2D eigenvalue weighted by atomic mass is 10.1. The predicted molar refractivity (Wildman–Crippen MR) is 90.3 cm³/mol. The van der Waals surface area contributed by atoms with Gasteiger partial charge in [0.05, 0.1) is 16.3 Å². The van der Waals surface area contributed by atoms with Crippen LogP contribution in [0.25, 0.3) is 16.9 Å². The molecule has 0 saturated carbocycles. The molecule has 0 spiro atoms. The van der Waals surface area contributed by atoms with Gasteiger partial charge in [-0.3, -0.25) is 0 Å². The quantitative estimate of drug-likeness (QED) is 0.744. The third kappa shape index (κ3) is 3.71. The highest BCUT2D eigenvalue weighted by Crippen LogP contribution is 2.29. The van der Waals surface area contributed by atoms with Crippen LogP contribution in [0.4, 0.5) is 8.78 Å². The molecule has 1 heterocycles. The fraction of sp³-hybridized carbons (Fsp3) is 0.0625. The molecule has 3 aromatic rings. The van der Waals surface area contributed by atoms with E-state index in [9.17, 15) is 17.2 Å². The number of primary sulfonamides is 1. The van der Waals surface area contributed by atoms with Crippen molar-refractivity contribution < 1.29 is 17.2 Å². The number of halogens is 3. The Morgan fingerprint density at radius 2 is 1.64 bits per heavy atom. The molecule has 25 heavy (non-hydrogen) atoms. The average molecular weight is 384 g/mol. The molecule has 0 unspecified atom stereocenters. The van der Waals surface area contributed by atoms with Gasteiger partial charge in [0.2, 0.25) is 10.0 Å².